The Morgan fingerprint density at radius 3 is 2.90 bits per heavy atom. The number of anilines is 1. The topological polar surface area (TPSA) is 68.0 Å². The molecule has 2 aromatic heterocycles. The molecule has 0 bridgehead atoms. The Kier molecular flexibility index (Phi) is 3.77. The molecule has 2 heterocycles. The van der Waals surface area contributed by atoms with Crippen LogP contribution in [0, 0.1) is 0 Å². The maximum Gasteiger partial charge on any atom is 0.263 e. The molecule has 0 saturated heterocycles. The molecule has 0 radical (unpaired) electrons. The summed E-state index contributed by atoms with van der Waals surface area (Å²) in [5.74, 6) is -0.200. The van der Waals surface area contributed by atoms with Gasteiger partial charge in [-0.3, -0.25) is 9.78 Å². The van der Waals surface area contributed by atoms with Crippen molar-refractivity contribution in [3.63, 3.8) is 0 Å². The highest BCUT2D eigenvalue weighted by Crippen LogP contribution is 2.32. The standard InChI is InChI=1S/C15H12ClN3OS/c16-11-4-2-1-3-9(11)7-19-15(20)14-13(17)10-5-6-18-8-12(10)21-14/h1-6,8H,7,17H2,(H,19,20). The molecule has 1 amide bonds. The second kappa shape index (κ2) is 5.71. The van der Waals surface area contributed by atoms with Gasteiger partial charge < -0.3 is 11.1 Å². The predicted octanol–water partition coefficient (Wildman–Crippen LogP) is 3.46. The van der Waals surface area contributed by atoms with E-state index >= 15 is 0 Å². The van der Waals surface area contributed by atoms with Crippen molar-refractivity contribution in [1.82, 2.24) is 10.3 Å². The summed E-state index contributed by atoms with van der Waals surface area (Å²) in [5.41, 5.74) is 7.40. The van der Waals surface area contributed by atoms with E-state index in [-0.39, 0.29) is 5.91 Å². The third kappa shape index (κ3) is 2.70. The van der Waals surface area contributed by atoms with Crippen molar-refractivity contribution in [2.75, 3.05) is 5.73 Å². The molecule has 0 aliphatic rings. The Labute approximate surface area is 130 Å². The highest BCUT2D eigenvalue weighted by Gasteiger charge is 2.16. The van der Waals surface area contributed by atoms with E-state index in [0.717, 1.165) is 15.6 Å². The molecular formula is C15H12ClN3OS. The first kappa shape index (κ1) is 13.9. The van der Waals surface area contributed by atoms with E-state index in [9.17, 15) is 4.79 Å². The van der Waals surface area contributed by atoms with Gasteiger partial charge >= 0.3 is 0 Å². The SMILES string of the molecule is Nc1c(C(=O)NCc2ccccc2Cl)sc2cnccc12. The summed E-state index contributed by atoms with van der Waals surface area (Å²) in [6.07, 6.45) is 3.37. The number of nitrogens with zero attached hydrogens (tertiary/aromatic N) is 1. The highest BCUT2D eigenvalue weighted by atomic mass is 35.5. The fraction of sp³-hybridized carbons (Fsp3) is 0.0667. The zero-order chi connectivity index (χ0) is 14.8. The number of fused-ring (bicyclic) bond motifs is 1. The molecule has 0 aliphatic carbocycles. The lowest BCUT2D eigenvalue weighted by Gasteiger charge is -2.06. The number of nitrogens with one attached hydrogen (secondary N) is 1. The summed E-state index contributed by atoms with van der Waals surface area (Å²) < 4.78 is 0.901. The van der Waals surface area contributed by atoms with E-state index < -0.39 is 0 Å². The lowest BCUT2D eigenvalue weighted by molar-refractivity contribution is 0.0956. The number of benzene rings is 1. The third-order valence-electron chi connectivity index (χ3n) is 3.13. The Morgan fingerprint density at radius 2 is 2.14 bits per heavy atom. The number of thiophene rings is 1. The fourth-order valence-corrected chi connectivity index (χ4v) is 3.25. The maximum absolute atomic E-state index is 12.3. The maximum atomic E-state index is 12.3. The van der Waals surface area contributed by atoms with E-state index in [4.69, 9.17) is 17.3 Å². The molecule has 106 valence electrons. The highest BCUT2D eigenvalue weighted by molar-refractivity contribution is 7.21. The van der Waals surface area contributed by atoms with E-state index in [1.54, 1.807) is 18.5 Å². The van der Waals surface area contributed by atoms with Crippen molar-refractivity contribution < 1.29 is 4.79 Å². The number of nitrogen functional groups attached to an aromatic ring is 1. The van der Waals surface area contributed by atoms with Gasteiger partial charge in [0.25, 0.3) is 5.91 Å². The molecule has 0 unspecified atom stereocenters. The lowest BCUT2D eigenvalue weighted by atomic mass is 10.2. The van der Waals surface area contributed by atoms with Gasteiger partial charge in [0, 0.05) is 29.3 Å². The van der Waals surface area contributed by atoms with Crippen LogP contribution in [-0.2, 0) is 6.54 Å². The van der Waals surface area contributed by atoms with Crippen LogP contribution in [0.15, 0.2) is 42.7 Å². The number of hydrogen-bond donors (Lipinski definition) is 2. The van der Waals surface area contributed by atoms with Crippen LogP contribution in [0.1, 0.15) is 15.2 Å². The molecule has 3 N–H and O–H groups in total. The van der Waals surface area contributed by atoms with E-state index in [1.807, 2.05) is 24.3 Å². The molecule has 1 aromatic carbocycles. The van der Waals surface area contributed by atoms with Crippen LogP contribution in [0.3, 0.4) is 0 Å². The second-order valence-corrected chi connectivity index (χ2v) is 5.95. The van der Waals surface area contributed by atoms with Crippen molar-refractivity contribution in [2.45, 2.75) is 6.54 Å². The van der Waals surface area contributed by atoms with Gasteiger partial charge in [0.05, 0.1) is 10.4 Å². The van der Waals surface area contributed by atoms with Crippen LogP contribution in [0.5, 0.6) is 0 Å². The van der Waals surface area contributed by atoms with Crippen LogP contribution < -0.4 is 11.1 Å². The zero-order valence-corrected chi connectivity index (χ0v) is 12.5. The minimum atomic E-state index is -0.200. The molecular weight excluding hydrogens is 306 g/mol. The minimum absolute atomic E-state index is 0.200. The van der Waals surface area contributed by atoms with Gasteiger partial charge in [0.15, 0.2) is 0 Å². The molecule has 0 atom stereocenters. The number of nitrogens with two attached hydrogens (primary N) is 1. The number of halogens is 1. The van der Waals surface area contributed by atoms with E-state index in [2.05, 4.69) is 10.3 Å². The van der Waals surface area contributed by atoms with Crippen LogP contribution in [0.2, 0.25) is 5.02 Å². The van der Waals surface area contributed by atoms with Gasteiger partial charge in [-0.2, -0.15) is 0 Å². The van der Waals surface area contributed by atoms with Crippen LogP contribution in [0.25, 0.3) is 10.1 Å². The van der Waals surface area contributed by atoms with Crippen molar-refractivity contribution in [2.24, 2.45) is 0 Å². The Bertz CT molecular complexity index is 816. The van der Waals surface area contributed by atoms with Crippen molar-refractivity contribution in [1.29, 1.82) is 0 Å². The number of aromatic nitrogens is 1. The summed E-state index contributed by atoms with van der Waals surface area (Å²) >= 11 is 7.41. The average molecular weight is 318 g/mol. The predicted molar refractivity (Wildman–Crippen MR) is 86.7 cm³/mol. The molecule has 3 rings (SSSR count). The molecule has 0 fully saturated rings. The fourth-order valence-electron chi connectivity index (χ4n) is 2.04. The normalized spacial score (nSPS) is 10.7. The van der Waals surface area contributed by atoms with Gasteiger partial charge in [-0.05, 0) is 17.7 Å². The van der Waals surface area contributed by atoms with Gasteiger partial charge in [0.2, 0.25) is 0 Å². The van der Waals surface area contributed by atoms with Crippen molar-refractivity contribution in [3.8, 4) is 0 Å². The zero-order valence-electron chi connectivity index (χ0n) is 11.0. The summed E-state index contributed by atoms with van der Waals surface area (Å²) in [6, 6.07) is 9.22. The Balaban J connectivity index is 1.81. The molecule has 4 nitrogen and oxygen atoms in total. The molecule has 21 heavy (non-hydrogen) atoms. The number of amides is 1. The summed E-state index contributed by atoms with van der Waals surface area (Å²) in [4.78, 5) is 16.8. The number of carbonyl (C=O) groups is 1. The average Bonchev–Trinajstić information content (AvgIpc) is 2.84. The molecule has 0 saturated carbocycles. The van der Waals surface area contributed by atoms with E-state index in [1.165, 1.54) is 11.3 Å². The largest absolute Gasteiger partial charge is 0.397 e. The second-order valence-electron chi connectivity index (χ2n) is 4.49. The number of hydrogen-bond acceptors (Lipinski definition) is 4. The van der Waals surface area contributed by atoms with Gasteiger partial charge in [-0.15, -0.1) is 11.3 Å². The van der Waals surface area contributed by atoms with E-state index in [0.29, 0.717) is 22.1 Å². The van der Waals surface area contributed by atoms with Crippen molar-refractivity contribution in [3.05, 3.63) is 58.2 Å². The lowest BCUT2D eigenvalue weighted by Crippen LogP contribution is -2.22. The molecule has 3 aromatic rings. The Morgan fingerprint density at radius 1 is 1.33 bits per heavy atom. The van der Waals surface area contributed by atoms with Gasteiger partial charge in [-0.25, -0.2) is 0 Å². The number of carbonyl (C=O) groups excluding carboxylic acids is 1. The molecule has 6 heteroatoms. The molecule has 0 spiro atoms. The van der Waals surface area contributed by atoms with Crippen LogP contribution >= 0.6 is 22.9 Å². The summed E-state index contributed by atoms with van der Waals surface area (Å²) in [7, 11) is 0. The first-order chi connectivity index (χ1) is 10.2. The van der Waals surface area contributed by atoms with Gasteiger partial charge in [0.1, 0.15) is 4.88 Å². The number of pyridine rings is 1. The van der Waals surface area contributed by atoms with Crippen molar-refractivity contribution >= 4 is 44.6 Å². The minimum Gasteiger partial charge on any atom is -0.397 e. The summed E-state index contributed by atoms with van der Waals surface area (Å²) in [6.45, 7) is 0.366. The third-order valence-corrected chi connectivity index (χ3v) is 4.66. The smallest absolute Gasteiger partial charge is 0.263 e. The monoisotopic (exact) mass is 317 g/mol. The van der Waals surface area contributed by atoms with Crippen LogP contribution in [0.4, 0.5) is 5.69 Å². The quantitative estimate of drug-likeness (QED) is 0.777. The van der Waals surface area contributed by atoms with Gasteiger partial charge in [-0.1, -0.05) is 29.8 Å². The Hall–Kier alpha value is -2.11. The van der Waals surface area contributed by atoms with Crippen LogP contribution in [-0.4, -0.2) is 10.9 Å². The number of rotatable bonds is 3. The first-order valence-electron chi connectivity index (χ1n) is 6.30. The molecule has 0 aliphatic heterocycles. The summed E-state index contributed by atoms with van der Waals surface area (Å²) in [5, 5.41) is 4.33. The first-order valence-corrected chi connectivity index (χ1v) is 7.50.